The van der Waals surface area contributed by atoms with Gasteiger partial charge >= 0.3 is 5.97 Å². The van der Waals surface area contributed by atoms with E-state index >= 15 is 0 Å². The molecule has 1 atom stereocenters. The number of rotatable bonds is 10. The second kappa shape index (κ2) is 11.7. The van der Waals surface area contributed by atoms with Crippen molar-refractivity contribution in [1.82, 2.24) is 9.62 Å². The number of benzene rings is 2. The Kier molecular flexibility index (Phi) is 8.74. The van der Waals surface area contributed by atoms with Crippen LogP contribution in [-0.4, -0.2) is 57.3 Å². The monoisotopic (exact) mass is 515 g/mol. The van der Waals surface area contributed by atoms with Crippen LogP contribution in [0.25, 0.3) is 0 Å². The predicted octanol–water partition coefficient (Wildman–Crippen LogP) is 2.52. The van der Waals surface area contributed by atoms with E-state index in [1.165, 1.54) is 49.7 Å². The molecule has 1 heterocycles. The zero-order chi connectivity index (χ0) is 25.4. The molecule has 9 nitrogen and oxygen atoms in total. The lowest BCUT2D eigenvalue weighted by molar-refractivity contribution is -0.149. The van der Waals surface area contributed by atoms with E-state index in [1.54, 1.807) is 17.5 Å². The number of nitrogens with zero attached hydrogens (tertiary/aromatic N) is 1. The second-order valence-electron chi connectivity index (χ2n) is 7.66. The highest BCUT2D eigenvalue weighted by Gasteiger charge is 2.25. The molecule has 11 heteroatoms. The minimum atomic E-state index is -3.67. The normalized spacial score (nSPS) is 12.1. The van der Waals surface area contributed by atoms with Gasteiger partial charge in [0.15, 0.2) is 6.61 Å². The fourth-order valence-corrected chi connectivity index (χ4v) is 4.63. The topological polar surface area (TPSA) is 122 Å². The molecular formula is C24H25N3O6S2. The Morgan fingerprint density at radius 2 is 1.74 bits per heavy atom. The van der Waals surface area contributed by atoms with E-state index in [1.807, 2.05) is 30.3 Å². The Labute approximate surface area is 207 Å². The largest absolute Gasteiger partial charge is 0.454 e. The predicted molar refractivity (Wildman–Crippen MR) is 133 cm³/mol. The standard InChI is InChI=1S/C24H25N3O6S2/c1-27(2)35(31,32)19-11-6-10-18(15-19)25-22(28)16-33-24(30)20(14-17-8-4-3-5-9-17)26-23(29)21-12-7-13-34-21/h3-13,15,20H,14,16H2,1-2H3,(H,25,28)(H,26,29). The first-order valence-corrected chi connectivity index (χ1v) is 12.9. The molecule has 3 aromatic rings. The number of hydrogen-bond donors (Lipinski definition) is 2. The summed E-state index contributed by atoms with van der Waals surface area (Å²) in [5.41, 5.74) is 1.05. The van der Waals surface area contributed by atoms with Crippen molar-refractivity contribution >= 4 is 44.8 Å². The van der Waals surface area contributed by atoms with Gasteiger partial charge in [-0.25, -0.2) is 17.5 Å². The molecule has 0 aliphatic heterocycles. The minimum absolute atomic E-state index is 0.0107. The van der Waals surface area contributed by atoms with Crippen molar-refractivity contribution in [2.75, 3.05) is 26.0 Å². The number of hydrogen-bond acceptors (Lipinski definition) is 7. The first-order chi connectivity index (χ1) is 16.7. The summed E-state index contributed by atoms with van der Waals surface area (Å²) in [6.07, 6.45) is 0.183. The summed E-state index contributed by atoms with van der Waals surface area (Å²) in [4.78, 5) is 38.1. The molecule has 0 spiro atoms. The van der Waals surface area contributed by atoms with Gasteiger partial charge in [-0.1, -0.05) is 42.5 Å². The van der Waals surface area contributed by atoms with E-state index in [2.05, 4.69) is 10.6 Å². The van der Waals surface area contributed by atoms with E-state index in [0.717, 1.165) is 9.87 Å². The molecule has 0 radical (unpaired) electrons. The van der Waals surface area contributed by atoms with Crippen molar-refractivity contribution in [2.24, 2.45) is 0 Å². The molecule has 0 aliphatic rings. The van der Waals surface area contributed by atoms with Crippen LogP contribution >= 0.6 is 11.3 Å². The molecule has 2 aromatic carbocycles. The van der Waals surface area contributed by atoms with Gasteiger partial charge in [-0.2, -0.15) is 0 Å². The van der Waals surface area contributed by atoms with Gasteiger partial charge in [-0.05, 0) is 35.2 Å². The van der Waals surface area contributed by atoms with Crippen LogP contribution in [0, 0.1) is 0 Å². The van der Waals surface area contributed by atoms with Gasteiger partial charge in [-0.15, -0.1) is 11.3 Å². The third kappa shape index (κ3) is 7.22. The number of anilines is 1. The highest BCUT2D eigenvalue weighted by molar-refractivity contribution is 7.89. The smallest absolute Gasteiger partial charge is 0.329 e. The van der Waals surface area contributed by atoms with Gasteiger partial charge in [0.1, 0.15) is 6.04 Å². The van der Waals surface area contributed by atoms with Crippen molar-refractivity contribution in [2.45, 2.75) is 17.4 Å². The van der Waals surface area contributed by atoms with E-state index in [-0.39, 0.29) is 17.0 Å². The molecule has 184 valence electrons. The average Bonchev–Trinajstić information content (AvgIpc) is 3.38. The highest BCUT2D eigenvalue weighted by atomic mass is 32.2. The van der Waals surface area contributed by atoms with Gasteiger partial charge in [-0.3, -0.25) is 9.59 Å². The van der Waals surface area contributed by atoms with Crippen LogP contribution in [0.15, 0.2) is 77.0 Å². The maximum atomic E-state index is 12.8. The minimum Gasteiger partial charge on any atom is -0.454 e. The zero-order valence-electron chi connectivity index (χ0n) is 19.1. The molecular weight excluding hydrogens is 490 g/mol. The molecule has 2 amide bonds. The summed E-state index contributed by atoms with van der Waals surface area (Å²) in [5, 5.41) is 6.94. The lowest BCUT2D eigenvalue weighted by atomic mass is 10.1. The van der Waals surface area contributed by atoms with Crippen molar-refractivity contribution in [3.8, 4) is 0 Å². The molecule has 1 unspecified atom stereocenters. The second-order valence-corrected chi connectivity index (χ2v) is 10.8. The van der Waals surface area contributed by atoms with Gasteiger partial charge in [0.25, 0.3) is 11.8 Å². The molecule has 0 saturated heterocycles. The van der Waals surface area contributed by atoms with Crippen LogP contribution in [-0.2, 0) is 30.8 Å². The van der Waals surface area contributed by atoms with Crippen LogP contribution in [0.3, 0.4) is 0 Å². The highest BCUT2D eigenvalue weighted by Crippen LogP contribution is 2.18. The summed E-state index contributed by atoms with van der Waals surface area (Å²) in [6.45, 7) is -0.607. The van der Waals surface area contributed by atoms with Gasteiger partial charge < -0.3 is 15.4 Å². The molecule has 0 fully saturated rings. The van der Waals surface area contributed by atoms with Gasteiger partial charge in [0.2, 0.25) is 10.0 Å². The Hall–Kier alpha value is -3.54. The molecule has 1 aromatic heterocycles. The fourth-order valence-electron chi connectivity index (χ4n) is 3.06. The fraction of sp³-hybridized carbons (Fsp3) is 0.208. The van der Waals surface area contributed by atoms with E-state index in [9.17, 15) is 22.8 Å². The van der Waals surface area contributed by atoms with Crippen LogP contribution in [0.5, 0.6) is 0 Å². The first kappa shape index (κ1) is 26.1. The molecule has 0 saturated carbocycles. The first-order valence-electron chi connectivity index (χ1n) is 10.5. The van der Waals surface area contributed by atoms with Crippen molar-refractivity contribution in [3.63, 3.8) is 0 Å². The number of carbonyl (C=O) groups is 3. The van der Waals surface area contributed by atoms with Crippen LogP contribution < -0.4 is 10.6 Å². The third-order valence-electron chi connectivity index (χ3n) is 4.86. The molecule has 3 rings (SSSR count). The summed E-state index contributed by atoms with van der Waals surface area (Å²) < 4.78 is 30.8. The molecule has 2 N–H and O–H groups in total. The quantitative estimate of drug-likeness (QED) is 0.400. The SMILES string of the molecule is CN(C)S(=O)(=O)c1cccc(NC(=O)COC(=O)C(Cc2ccccc2)NC(=O)c2cccs2)c1. The van der Waals surface area contributed by atoms with Gasteiger partial charge in [0.05, 0.1) is 9.77 Å². The summed E-state index contributed by atoms with van der Waals surface area (Å²) in [7, 11) is -0.863. The van der Waals surface area contributed by atoms with Crippen LogP contribution in [0.2, 0.25) is 0 Å². The zero-order valence-corrected chi connectivity index (χ0v) is 20.8. The van der Waals surface area contributed by atoms with Crippen molar-refractivity contribution < 1.29 is 27.5 Å². The van der Waals surface area contributed by atoms with E-state index in [0.29, 0.717) is 4.88 Å². The summed E-state index contributed by atoms with van der Waals surface area (Å²) >= 11 is 1.24. The van der Waals surface area contributed by atoms with Crippen LogP contribution in [0.4, 0.5) is 5.69 Å². The maximum Gasteiger partial charge on any atom is 0.329 e. The Bertz CT molecular complexity index is 1280. The van der Waals surface area contributed by atoms with Crippen molar-refractivity contribution in [1.29, 1.82) is 0 Å². The number of sulfonamides is 1. The summed E-state index contributed by atoms with van der Waals surface area (Å²) in [6, 6.07) is 17.2. The number of carbonyl (C=O) groups excluding carboxylic acids is 3. The number of ether oxygens (including phenoxy) is 1. The Morgan fingerprint density at radius 3 is 2.40 bits per heavy atom. The third-order valence-corrected chi connectivity index (χ3v) is 7.54. The lowest BCUT2D eigenvalue weighted by Gasteiger charge is -2.17. The summed E-state index contributed by atoms with van der Waals surface area (Å²) in [5.74, 6) is -1.83. The van der Waals surface area contributed by atoms with E-state index < -0.39 is 40.5 Å². The number of esters is 1. The van der Waals surface area contributed by atoms with Crippen LogP contribution in [0.1, 0.15) is 15.2 Å². The Balaban J connectivity index is 1.64. The number of amides is 2. The Morgan fingerprint density at radius 1 is 1.00 bits per heavy atom. The maximum absolute atomic E-state index is 12.8. The van der Waals surface area contributed by atoms with Gasteiger partial charge in [0, 0.05) is 26.2 Å². The number of nitrogens with one attached hydrogen (secondary N) is 2. The molecule has 0 bridgehead atoms. The van der Waals surface area contributed by atoms with E-state index in [4.69, 9.17) is 4.74 Å². The average molecular weight is 516 g/mol. The molecule has 0 aliphatic carbocycles. The lowest BCUT2D eigenvalue weighted by Crippen LogP contribution is -2.43. The number of thiophene rings is 1. The molecule has 35 heavy (non-hydrogen) atoms. The van der Waals surface area contributed by atoms with Crippen molar-refractivity contribution in [3.05, 3.63) is 82.6 Å².